The van der Waals surface area contributed by atoms with Crippen LogP contribution >= 0.6 is 79.2 Å². The molecule has 5 heteroatoms. The van der Waals surface area contributed by atoms with Gasteiger partial charge >= 0.3 is 0 Å². The Balaban J connectivity index is 1.98. The summed E-state index contributed by atoms with van der Waals surface area (Å²) in [5.41, 5.74) is 0. The quantitative estimate of drug-likeness (QED) is 0.357. The fourth-order valence-corrected chi connectivity index (χ4v) is 5.93. The normalized spacial score (nSPS) is 10.9. The largest absolute Gasteiger partial charge is 0.134 e. The van der Waals surface area contributed by atoms with E-state index >= 15 is 0 Å². The lowest BCUT2D eigenvalue weighted by atomic mass is 10.3. The maximum atomic E-state index is 2.37. The first kappa shape index (κ1) is 12.6. The summed E-state index contributed by atoms with van der Waals surface area (Å²) in [6.45, 7) is 0. The van der Waals surface area contributed by atoms with Gasteiger partial charge in [-0.3, -0.25) is 0 Å². The van der Waals surface area contributed by atoms with Gasteiger partial charge < -0.3 is 0 Å². The van der Waals surface area contributed by atoms with Gasteiger partial charge in [0, 0.05) is 19.5 Å². The zero-order chi connectivity index (χ0) is 11.8. The van der Waals surface area contributed by atoms with E-state index in [4.69, 9.17) is 0 Å². The van der Waals surface area contributed by atoms with Gasteiger partial charge in [0.25, 0.3) is 0 Å². The Hall–Kier alpha value is 0.560. The fraction of sp³-hybridized carbons (Fsp3) is 0. The minimum Gasteiger partial charge on any atom is -0.134 e. The lowest BCUT2D eigenvalue weighted by Crippen LogP contribution is -1.57. The van der Waals surface area contributed by atoms with Gasteiger partial charge in [0.1, 0.15) is 0 Å². The Morgan fingerprint density at radius 3 is 1.24 bits per heavy atom. The van der Waals surface area contributed by atoms with Crippen molar-refractivity contribution in [3.63, 3.8) is 0 Å². The molecule has 0 aliphatic carbocycles. The van der Waals surface area contributed by atoms with Gasteiger partial charge in [0.2, 0.25) is 0 Å². The van der Waals surface area contributed by atoms with Crippen molar-refractivity contribution in [3.8, 4) is 19.5 Å². The van der Waals surface area contributed by atoms with Gasteiger partial charge in [-0.25, -0.2) is 0 Å². The molecule has 17 heavy (non-hydrogen) atoms. The monoisotopic (exact) mass is 500 g/mol. The third-order valence-corrected chi connectivity index (χ3v) is 7.50. The minimum absolute atomic E-state index is 1.35. The topological polar surface area (TPSA) is 0 Å². The Kier molecular flexibility index (Phi) is 3.91. The van der Waals surface area contributed by atoms with Gasteiger partial charge in [0.05, 0.1) is 5.77 Å². The molecule has 3 heterocycles. The van der Waals surface area contributed by atoms with Crippen LogP contribution in [-0.2, 0) is 0 Å². The first-order chi connectivity index (χ1) is 8.22. The lowest BCUT2D eigenvalue weighted by molar-refractivity contribution is 1.89. The van der Waals surface area contributed by atoms with Crippen LogP contribution in [0, 0.1) is 5.77 Å². The smallest absolute Gasteiger partial charge is 0.0660 e. The predicted octanol–water partition coefficient (Wildman–Crippen LogP) is 6.41. The second-order valence-electron chi connectivity index (χ2n) is 3.37. The second kappa shape index (κ2) is 5.28. The molecule has 0 amide bonds. The van der Waals surface area contributed by atoms with Gasteiger partial charge in [-0.05, 0) is 81.6 Å². The first-order valence-electron chi connectivity index (χ1n) is 4.83. The summed E-state index contributed by atoms with van der Waals surface area (Å²) in [5.74, 6) is 0. The molecule has 86 valence electrons. The molecule has 0 bridgehead atoms. The van der Waals surface area contributed by atoms with E-state index in [2.05, 4.69) is 81.6 Å². The maximum absolute atomic E-state index is 2.37. The summed E-state index contributed by atoms with van der Waals surface area (Å²) in [4.78, 5) is 5.49. The fourth-order valence-electron chi connectivity index (χ4n) is 1.50. The Morgan fingerprint density at radius 2 is 0.882 bits per heavy atom. The van der Waals surface area contributed by atoms with Crippen LogP contribution < -0.4 is 0 Å². The van der Waals surface area contributed by atoms with Crippen LogP contribution in [0.2, 0.25) is 0 Å². The third kappa shape index (κ3) is 2.78. The van der Waals surface area contributed by atoms with E-state index < -0.39 is 0 Å². The van der Waals surface area contributed by atoms with Crippen molar-refractivity contribution in [2.45, 2.75) is 0 Å². The number of hydrogen-bond donors (Lipinski definition) is 0. The molecule has 3 rings (SSSR count). The van der Waals surface area contributed by atoms with Crippen LogP contribution in [0.15, 0.2) is 36.4 Å². The van der Waals surface area contributed by atoms with E-state index in [1.165, 1.54) is 25.3 Å². The van der Waals surface area contributed by atoms with Crippen molar-refractivity contribution in [2.24, 2.45) is 0 Å². The number of hydrogen-bond acceptors (Lipinski definition) is 3. The highest BCUT2D eigenvalue weighted by molar-refractivity contribution is 14.1. The second-order valence-corrected chi connectivity index (χ2v) is 10.4. The van der Waals surface area contributed by atoms with Gasteiger partial charge in [-0.15, -0.1) is 34.0 Å². The Labute approximate surface area is 139 Å². The van der Waals surface area contributed by atoms with Crippen molar-refractivity contribution in [3.05, 3.63) is 42.2 Å². The van der Waals surface area contributed by atoms with Crippen molar-refractivity contribution in [2.75, 3.05) is 0 Å². The van der Waals surface area contributed by atoms with Crippen LogP contribution in [0.25, 0.3) is 19.5 Å². The molecule has 0 aliphatic heterocycles. The zero-order valence-corrected chi connectivity index (χ0v) is 15.2. The molecule has 0 spiro atoms. The summed E-state index contributed by atoms with van der Waals surface area (Å²) in [5, 5.41) is 0. The number of thiophene rings is 3. The van der Waals surface area contributed by atoms with Crippen LogP contribution in [-0.4, -0.2) is 0 Å². The van der Waals surface area contributed by atoms with Crippen LogP contribution in [0.5, 0.6) is 0 Å². The first-order valence-corrected chi connectivity index (χ1v) is 9.44. The van der Waals surface area contributed by atoms with E-state index in [1.807, 2.05) is 34.0 Å². The van der Waals surface area contributed by atoms with Crippen molar-refractivity contribution >= 4 is 79.2 Å². The molecule has 0 saturated heterocycles. The molecular formula is C12H6I2S3. The van der Waals surface area contributed by atoms with E-state index in [9.17, 15) is 0 Å². The molecule has 0 fully saturated rings. The lowest BCUT2D eigenvalue weighted by Gasteiger charge is -1.90. The van der Waals surface area contributed by atoms with E-state index in [0.29, 0.717) is 0 Å². The summed E-state index contributed by atoms with van der Waals surface area (Å²) in [6.07, 6.45) is 0. The minimum atomic E-state index is 1.35. The summed E-state index contributed by atoms with van der Waals surface area (Å²) in [6, 6.07) is 13.2. The van der Waals surface area contributed by atoms with Gasteiger partial charge in [-0.1, -0.05) is 0 Å². The molecule has 0 aliphatic rings. The molecule has 0 unspecified atom stereocenters. The average molecular weight is 500 g/mol. The highest BCUT2D eigenvalue weighted by Gasteiger charge is 2.08. The van der Waals surface area contributed by atoms with Crippen molar-refractivity contribution in [1.82, 2.24) is 0 Å². The van der Waals surface area contributed by atoms with Crippen molar-refractivity contribution < 1.29 is 0 Å². The molecule has 0 aromatic carbocycles. The highest BCUT2D eigenvalue weighted by atomic mass is 127. The Bertz CT molecular complexity index is 593. The van der Waals surface area contributed by atoms with Crippen LogP contribution in [0.1, 0.15) is 0 Å². The summed E-state index contributed by atoms with van der Waals surface area (Å²) < 4.78 is 2.69. The molecule has 0 nitrogen and oxygen atoms in total. The van der Waals surface area contributed by atoms with Gasteiger partial charge in [-0.2, -0.15) is 0 Å². The molecule has 3 aromatic heterocycles. The summed E-state index contributed by atoms with van der Waals surface area (Å²) >= 11 is 10.3. The molecule has 0 atom stereocenters. The van der Waals surface area contributed by atoms with Crippen LogP contribution in [0.3, 0.4) is 0 Å². The highest BCUT2D eigenvalue weighted by Crippen LogP contribution is 2.40. The third-order valence-electron chi connectivity index (χ3n) is 2.24. The molecule has 0 N–H and O–H groups in total. The van der Waals surface area contributed by atoms with Crippen molar-refractivity contribution in [1.29, 1.82) is 0 Å². The predicted molar refractivity (Wildman–Crippen MR) is 96.4 cm³/mol. The molecular weight excluding hydrogens is 494 g/mol. The molecule has 0 saturated carbocycles. The SMILES string of the molecule is Ic1ccc(-c2ccc(-c3ccc(I)s3)s2)s1. The van der Waals surface area contributed by atoms with E-state index in [0.717, 1.165) is 0 Å². The summed E-state index contributed by atoms with van der Waals surface area (Å²) in [7, 11) is 0. The molecule has 0 radical (unpaired) electrons. The maximum Gasteiger partial charge on any atom is 0.0660 e. The van der Waals surface area contributed by atoms with E-state index in [1.54, 1.807) is 0 Å². The standard InChI is InChI=1S/C12H6I2S3/c13-11-5-3-9(16-11)7-1-2-8(15-7)10-4-6-12(14)17-10/h1-6H. The van der Waals surface area contributed by atoms with Crippen LogP contribution in [0.4, 0.5) is 0 Å². The zero-order valence-electron chi connectivity index (χ0n) is 8.44. The number of halogens is 2. The van der Waals surface area contributed by atoms with E-state index in [-0.39, 0.29) is 0 Å². The Morgan fingerprint density at radius 1 is 0.529 bits per heavy atom. The molecule has 3 aromatic rings. The average Bonchev–Trinajstić information content (AvgIpc) is 2.96. The number of rotatable bonds is 2. The van der Waals surface area contributed by atoms with Gasteiger partial charge in [0.15, 0.2) is 0 Å².